The van der Waals surface area contributed by atoms with Crippen LogP contribution in [0.3, 0.4) is 0 Å². The number of benzene rings is 3. The summed E-state index contributed by atoms with van der Waals surface area (Å²) >= 11 is 7.06. The van der Waals surface area contributed by atoms with E-state index in [4.69, 9.17) is 11.6 Å². The summed E-state index contributed by atoms with van der Waals surface area (Å²) in [6.45, 7) is 0.0572. The van der Waals surface area contributed by atoms with Gasteiger partial charge in [-0.05, 0) is 36.4 Å². The number of thiazole rings is 1. The second-order valence-corrected chi connectivity index (χ2v) is 9.16. The molecule has 6 rings (SSSR count). The highest BCUT2D eigenvalue weighted by Crippen LogP contribution is 2.36. The van der Waals surface area contributed by atoms with Gasteiger partial charge in [-0.25, -0.2) is 4.39 Å². The molecule has 9 heteroatoms. The summed E-state index contributed by atoms with van der Waals surface area (Å²) in [5.41, 5.74) is 2.24. The van der Waals surface area contributed by atoms with E-state index >= 15 is 0 Å². The summed E-state index contributed by atoms with van der Waals surface area (Å²) in [6, 6.07) is 20.5. The number of rotatable bonds is 3. The predicted octanol–water partition coefficient (Wildman–Crippen LogP) is 4.08. The van der Waals surface area contributed by atoms with Crippen LogP contribution in [-0.2, 0) is 11.3 Å². The Kier molecular flexibility index (Phi) is 4.79. The largest absolute Gasteiger partial charge is 0.303 e. The van der Waals surface area contributed by atoms with Crippen molar-refractivity contribution in [2.75, 3.05) is 4.90 Å². The molecule has 0 radical (unpaired) electrons. The highest BCUT2D eigenvalue weighted by atomic mass is 35.5. The molecular formula is C25H14ClFN4O2S. The van der Waals surface area contributed by atoms with Gasteiger partial charge in [0, 0.05) is 21.7 Å². The molecule has 166 valence electrons. The van der Waals surface area contributed by atoms with E-state index < -0.39 is 5.56 Å². The number of hydrogen-bond donors (Lipinski definition) is 0. The van der Waals surface area contributed by atoms with Crippen LogP contribution in [0.1, 0.15) is 11.1 Å². The molecule has 0 unspecified atom stereocenters. The summed E-state index contributed by atoms with van der Waals surface area (Å²) < 4.78 is 15.8. The van der Waals surface area contributed by atoms with Gasteiger partial charge in [0.2, 0.25) is 4.96 Å². The Morgan fingerprint density at radius 1 is 0.941 bits per heavy atom. The number of anilines is 1. The quantitative estimate of drug-likeness (QED) is 0.384. The van der Waals surface area contributed by atoms with E-state index in [0.717, 1.165) is 16.9 Å². The van der Waals surface area contributed by atoms with Gasteiger partial charge < -0.3 is 4.90 Å². The minimum absolute atomic E-state index is 0.0572. The van der Waals surface area contributed by atoms with Crippen LogP contribution in [0.15, 0.2) is 77.6 Å². The first-order chi connectivity index (χ1) is 16.5. The van der Waals surface area contributed by atoms with Crippen molar-refractivity contribution in [3.63, 3.8) is 0 Å². The zero-order valence-corrected chi connectivity index (χ0v) is 19.0. The Bertz CT molecular complexity index is 1710. The maximum absolute atomic E-state index is 14.3. The van der Waals surface area contributed by atoms with Crippen molar-refractivity contribution in [2.24, 2.45) is 0 Å². The fourth-order valence-electron chi connectivity index (χ4n) is 4.06. The maximum atomic E-state index is 14.3. The van der Waals surface area contributed by atoms with Crippen LogP contribution in [0.2, 0.25) is 5.02 Å². The first-order valence-electron chi connectivity index (χ1n) is 10.4. The second-order valence-electron chi connectivity index (χ2n) is 7.75. The van der Waals surface area contributed by atoms with Crippen LogP contribution in [0.4, 0.5) is 10.1 Å². The third-order valence-corrected chi connectivity index (χ3v) is 6.98. The number of para-hydroxylation sites is 1. The first-order valence-corrected chi connectivity index (χ1v) is 11.6. The lowest BCUT2D eigenvalue weighted by Crippen LogP contribution is -2.32. The molecule has 34 heavy (non-hydrogen) atoms. The average Bonchev–Trinajstić information content (AvgIpc) is 3.47. The van der Waals surface area contributed by atoms with Gasteiger partial charge in [0.25, 0.3) is 11.5 Å². The molecule has 0 N–H and O–H groups in total. The number of aromatic nitrogens is 3. The normalized spacial score (nSPS) is 14.8. The highest BCUT2D eigenvalue weighted by Gasteiger charge is 2.34. The topological polar surface area (TPSA) is 67.6 Å². The third kappa shape index (κ3) is 3.22. The Morgan fingerprint density at radius 2 is 1.68 bits per heavy atom. The molecule has 3 heterocycles. The number of fused-ring (bicyclic) bond motifs is 2. The molecule has 1 aliphatic rings. The van der Waals surface area contributed by atoms with E-state index in [9.17, 15) is 14.0 Å². The van der Waals surface area contributed by atoms with Crippen molar-refractivity contribution < 1.29 is 9.18 Å². The van der Waals surface area contributed by atoms with E-state index in [1.165, 1.54) is 15.5 Å². The Labute approximate surface area is 201 Å². The van der Waals surface area contributed by atoms with E-state index in [-0.39, 0.29) is 28.4 Å². The SMILES string of the molecule is O=C1/C(=c2\sc3nc(-c4ccc(Cl)cc4)nn3c2=O)c2ccccc2N1Cc1ccccc1F. The number of amides is 1. The van der Waals surface area contributed by atoms with E-state index in [1.54, 1.807) is 60.7 Å². The summed E-state index contributed by atoms with van der Waals surface area (Å²) in [6.07, 6.45) is 0. The lowest BCUT2D eigenvalue weighted by molar-refractivity contribution is -0.113. The first kappa shape index (κ1) is 20.7. The van der Waals surface area contributed by atoms with Crippen LogP contribution in [-0.4, -0.2) is 20.5 Å². The number of halogens is 2. The number of carbonyl (C=O) groups is 1. The van der Waals surface area contributed by atoms with Gasteiger partial charge >= 0.3 is 0 Å². The summed E-state index contributed by atoms with van der Waals surface area (Å²) in [5.74, 6) is -0.348. The highest BCUT2D eigenvalue weighted by molar-refractivity contribution is 7.15. The molecule has 0 atom stereocenters. The van der Waals surface area contributed by atoms with Crippen molar-refractivity contribution in [3.8, 4) is 11.4 Å². The molecule has 6 nitrogen and oxygen atoms in total. The van der Waals surface area contributed by atoms with Gasteiger partial charge in [0.15, 0.2) is 5.82 Å². The van der Waals surface area contributed by atoms with Crippen molar-refractivity contribution in [1.29, 1.82) is 0 Å². The fraction of sp³-hybridized carbons (Fsp3) is 0.0400. The van der Waals surface area contributed by atoms with Crippen LogP contribution < -0.4 is 15.0 Å². The number of hydrogen-bond acceptors (Lipinski definition) is 5. The molecule has 0 saturated carbocycles. The van der Waals surface area contributed by atoms with E-state index in [2.05, 4.69) is 10.1 Å². The summed E-state index contributed by atoms with van der Waals surface area (Å²) in [4.78, 5) is 33.2. The van der Waals surface area contributed by atoms with Crippen LogP contribution in [0.25, 0.3) is 21.9 Å². The number of nitrogens with zero attached hydrogens (tertiary/aromatic N) is 4. The van der Waals surface area contributed by atoms with Gasteiger partial charge in [0.1, 0.15) is 10.3 Å². The van der Waals surface area contributed by atoms with Gasteiger partial charge in [-0.15, -0.1) is 5.10 Å². The van der Waals surface area contributed by atoms with Gasteiger partial charge in [-0.2, -0.15) is 9.50 Å². The summed E-state index contributed by atoms with van der Waals surface area (Å²) in [7, 11) is 0. The smallest absolute Gasteiger partial charge is 0.291 e. The standard InChI is InChI=1S/C25H14ClFN4O2S/c26-16-11-9-14(10-12-16)22-28-25-31(29-22)24(33)21(34-25)20-17-6-2-4-8-19(17)30(23(20)32)13-15-5-1-3-7-18(15)27/h1-12H,13H2/b21-20-. The molecule has 2 aromatic heterocycles. The van der Waals surface area contributed by atoms with Crippen LogP contribution >= 0.6 is 22.9 Å². The number of carbonyl (C=O) groups excluding carboxylic acids is 1. The molecule has 1 amide bonds. The molecule has 0 spiro atoms. The second kappa shape index (κ2) is 7.86. The molecule has 0 aliphatic carbocycles. The van der Waals surface area contributed by atoms with Crippen molar-refractivity contribution in [3.05, 3.63) is 110 Å². The molecule has 0 saturated heterocycles. The lowest BCUT2D eigenvalue weighted by atomic mass is 10.1. The molecule has 3 aromatic carbocycles. The zero-order chi connectivity index (χ0) is 23.4. The van der Waals surface area contributed by atoms with E-state index in [0.29, 0.717) is 32.6 Å². The van der Waals surface area contributed by atoms with Crippen LogP contribution in [0.5, 0.6) is 0 Å². The molecular weight excluding hydrogens is 475 g/mol. The van der Waals surface area contributed by atoms with Gasteiger partial charge in [-0.1, -0.05) is 59.3 Å². The molecule has 1 aliphatic heterocycles. The minimum atomic E-state index is -0.418. The molecule has 5 aromatic rings. The predicted molar refractivity (Wildman–Crippen MR) is 129 cm³/mol. The van der Waals surface area contributed by atoms with Crippen LogP contribution in [0, 0.1) is 5.82 Å². The minimum Gasteiger partial charge on any atom is -0.303 e. The van der Waals surface area contributed by atoms with Crippen molar-refractivity contribution in [1.82, 2.24) is 14.6 Å². The Hall–Kier alpha value is -3.88. The maximum Gasteiger partial charge on any atom is 0.291 e. The van der Waals surface area contributed by atoms with Gasteiger partial charge in [-0.3, -0.25) is 9.59 Å². The van der Waals surface area contributed by atoms with E-state index in [1.807, 2.05) is 6.07 Å². The monoisotopic (exact) mass is 488 g/mol. The third-order valence-electron chi connectivity index (χ3n) is 5.70. The molecule has 0 fully saturated rings. The van der Waals surface area contributed by atoms with Crippen molar-refractivity contribution in [2.45, 2.75) is 6.54 Å². The zero-order valence-electron chi connectivity index (χ0n) is 17.4. The van der Waals surface area contributed by atoms with Gasteiger partial charge in [0.05, 0.1) is 17.8 Å². The van der Waals surface area contributed by atoms with Crippen molar-refractivity contribution >= 4 is 45.1 Å². The average molecular weight is 489 g/mol. The fourth-order valence-corrected chi connectivity index (χ4v) is 5.18. The Morgan fingerprint density at radius 3 is 2.44 bits per heavy atom. The summed E-state index contributed by atoms with van der Waals surface area (Å²) in [5, 5.41) is 4.95. The molecule has 0 bridgehead atoms. The lowest BCUT2D eigenvalue weighted by Gasteiger charge is -2.17. The Balaban J connectivity index is 1.50.